The van der Waals surface area contributed by atoms with E-state index in [0.29, 0.717) is 24.6 Å². The third-order valence-corrected chi connectivity index (χ3v) is 4.02. The fourth-order valence-corrected chi connectivity index (χ4v) is 2.65. The molecule has 0 saturated carbocycles. The van der Waals surface area contributed by atoms with Gasteiger partial charge in [-0.1, -0.05) is 38.0 Å². The van der Waals surface area contributed by atoms with Gasteiger partial charge in [-0.25, -0.2) is 9.97 Å². The number of ether oxygens (including phenoxy) is 1. The molecule has 1 aromatic carbocycles. The van der Waals surface area contributed by atoms with E-state index in [1.807, 2.05) is 31.2 Å². The van der Waals surface area contributed by atoms with Crippen LogP contribution >= 0.6 is 0 Å². The van der Waals surface area contributed by atoms with Crippen molar-refractivity contribution in [3.05, 3.63) is 47.3 Å². The molecule has 1 amide bonds. The second-order valence-electron chi connectivity index (χ2n) is 6.17. The zero-order valence-corrected chi connectivity index (χ0v) is 15.8. The Morgan fingerprint density at radius 2 is 1.96 bits per heavy atom. The lowest BCUT2D eigenvalue weighted by molar-refractivity contribution is 0.0949. The van der Waals surface area contributed by atoms with Gasteiger partial charge in [-0.3, -0.25) is 4.79 Å². The van der Waals surface area contributed by atoms with Gasteiger partial charge in [0.15, 0.2) is 0 Å². The van der Waals surface area contributed by atoms with E-state index in [1.54, 1.807) is 13.2 Å². The number of rotatable bonds is 10. The summed E-state index contributed by atoms with van der Waals surface area (Å²) in [7, 11) is 1.65. The molecule has 2 N–H and O–H groups in total. The lowest BCUT2D eigenvalue weighted by Gasteiger charge is -2.10. The number of aryl methyl sites for hydroxylation is 1. The van der Waals surface area contributed by atoms with Gasteiger partial charge >= 0.3 is 0 Å². The van der Waals surface area contributed by atoms with Crippen LogP contribution in [0.5, 0.6) is 5.75 Å². The van der Waals surface area contributed by atoms with E-state index >= 15 is 0 Å². The normalized spacial score (nSPS) is 10.4. The number of nitrogens with one attached hydrogen (secondary N) is 2. The van der Waals surface area contributed by atoms with Crippen LogP contribution in [0.15, 0.2) is 30.3 Å². The Balaban J connectivity index is 1.91. The van der Waals surface area contributed by atoms with Crippen LogP contribution in [0.2, 0.25) is 0 Å². The summed E-state index contributed by atoms with van der Waals surface area (Å²) in [4.78, 5) is 21.1. The van der Waals surface area contributed by atoms with Gasteiger partial charge in [-0.2, -0.15) is 0 Å². The predicted molar refractivity (Wildman–Crippen MR) is 104 cm³/mol. The number of aromatic nitrogens is 2. The predicted octanol–water partition coefficient (Wildman–Crippen LogP) is 3.37. The first-order chi connectivity index (χ1) is 12.6. The van der Waals surface area contributed by atoms with Gasteiger partial charge in [0, 0.05) is 18.8 Å². The molecule has 1 heterocycles. The molecule has 0 radical (unpaired) electrons. The summed E-state index contributed by atoms with van der Waals surface area (Å²) in [6.45, 7) is 5.36. The number of nitrogens with zero attached hydrogens (tertiary/aromatic N) is 2. The van der Waals surface area contributed by atoms with Gasteiger partial charge in [0.05, 0.1) is 7.11 Å². The number of unbranched alkanes of at least 4 members (excludes halogenated alkanes) is 2. The zero-order chi connectivity index (χ0) is 18.8. The molecule has 2 aromatic rings. The number of anilines is 1. The van der Waals surface area contributed by atoms with Gasteiger partial charge in [-0.05, 0) is 37.5 Å². The van der Waals surface area contributed by atoms with Crippen LogP contribution in [-0.4, -0.2) is 36.1 Å². The highest BCUT2D eigenvalue weighted by Crippen LogP contribution is 2.17. The maximum Gasteiger partial charge on any atom is 0.270 e. The van der Waals surface area contributed by atoms with Crippen LogP contribution in [0.1, 0.15) is 47.9 Å². The van der Waals surface area contributed by atoms with Crippen LogP contribution in [0, 0.1) is 6.92 Å². The Morgan fingerprint density at radius 1 is 1.15 bits per heavy atom. The summed E-state index contributed by atoms with van der Waals surface area (Å²) in [5.41, 5.74) is 2.22. The van der Waals surface area contributed by atoms with Crippen molar-refractivity contribution in [2.75, 3.05) is 25.5 Å². The number of amides is 1. The second kappa shape index (κ2) is 10.4. The van der Waals surface area contributed by atoms with Gasteiger partial charge in [-0.15, -0.1) is 0 Å². The third kappa shape index (κ3) is 6.02. The minimum absolute atomic E-state index is 0.193. The number of benzene rings is 1. The highest BCUT2D eigenvalue weighted by Gasteiger charge is 2.11. The molecule has 0 atom stereocenters. The van der Waals surface area contributed by atoms with Crippen LogP contribution in [0.25, 0.3) is 0 Å². The summed E-state index contributed by atoms with van der Waals surface area (Å²) in [5.74, 6) is 1.15. The van der Waals surface area contributed by atoms with Crippen molar-refractivity contribution >= 4 is 11.9 Å². The van der Waals surface area contributed by atoms with Crippen molar-refractivity contribution in [2.45, 2.75) is 39.5 Å². The first-order valence-corrected chi connectivity index (χ1v) is 9.13. The minimum atomic E-state index is -0.193. The molecule has 6 heteroatoms. The van der Waals surface area contributed by atoms with Crippen molar-refractivity contribution in [3.8, 4) is 5.75 Å². The Kier molecular flexibility index (Phi) is 7.86. The highest BCUT2D eigenvalue weighted by atomic mass is 16.5. The second-order valence-corrected chi connectivity index (χ2v) is 6.17. The molecule has 0 fully saturated rings. The van der Waals surface area contributed by atoms with Crippen LogP contribution < -0.4 is 15.4 Å². The monoisotopic (exact) mass is 356 g/mol. The molecule has 0 aliphatic heterocycles. The number of carbonyl (C=O) groups excluding carboxylic acids is 1. The molecule has 140 valence electrons. The Morgan fingerprint density at radius 3 is 2.73 bits per heavy atom. The molecule has 26 heavy (non-hydrogen) atoms. The molecular weight excluding hydrogens is 328 g/mol. The van der Waals surface area contributed by atoms with Gasteiger partial charge in [0.25, 0.3) is 5.91 Å². The lowest BCUT2D eigenvalue weighted by atomic mass is 10.1. The maximum absolute atomic E-state index is 12.4. The Labute approximate surface area is 155 Å². The van der Waals surface area contributed by atoms with Crippen molar-refractivity contribution in [2.24, 2.45) is 0 Å². The summed E-state index contributed by atoms with van der Waals surface area (Å²) in [6.07, 6.45) is 4.08. The number of hydrogen-bond donors (Lipinski definition) is 2. The molecule has 0 saturated heterocycles. The van der Waals surface area contributed by atoms with E-state index in [0.717, 1.165) is 42.8 Å². The average molecular weight is 356 g/mol. The van der Waals surface area contributed by atoms with Gasteiger partial charge in [0.1, 0.15) is 11.4 Å². The number of hydrogen-bond acceptors (Lipinski definition) is 5. The summed E-state index contributed by atoms with van der Waals surface area (Å²) < 4.78 is 5.33. The summed E-state index contributed by atoms with van der Waals surface area (Å²) >= 11 is 0. The zero-order valence-electron chi connectivity index (χ0n) is 15.8. The Hall–Kier alpha value is -2.63. The maximum atomic E-state index is 12.4. The van der Waals surface area contributed by atoms with Crippen molar-refractivity contribution in [3.63, 3.8) is 0 Å². The van der Waals surface area contributed by atoms with Crippen LogP contribution in [0.4, 0.5) is 5.95 Å². The van der Waals surface area contributed by atoms with Gasteiger partial charge in [0.2, 0.25) is 5.95 Å². The molecule has 0 unspecified atom stereocenters. The molecule has 0 aliphatic rings. The van der Waals surface area contributed by atoms with E-state index in [-0.39, 0.29) is 5.91 Å². The highest BCUT2D eigenvalue weighted by molar-refractivity contribution is 5.92. The first-order valence-electron chi connectivity index (χ1n) is 9.13. The molecular formula is C20H28N4O2. The van der Waals surface area contributed by atoms with E-state index in [1.165, 1.54) is 0 Å². The van der Waals surface area contributed by atoms with Crippen molar-refractivity contribution in [1.82, 2.24) is 15.3 Å². The molecule has 0 aliphatic carbocycles. The summed E-state index contributed by atoms with van der Waals surface area (Å²) in [5, 5.41) is 6.11. The Bertz CT molecular complexity index is 719. The van der Waals surface area contributed by atoms with Gasteiger partial charge < -0.3 is 15.4 Å². The molecule has 1 aromatic heterocycles. The fraction of sp³-hybridized carbons (Fsp3) is 0.450. The molecule has 2 rings (SSSR count). The van der Waals surface area contributed by atoms with E-state index < -0.39 is 0 Å². The average Bonchev–Trinajstić information content (AvgIpc) is 2.65. The summed E-state index contributed by atoms with van der Waals surface area (Å²) in [6, 6.07) is 9.51. The fourth-order valence-electron chi connectivity index (χ4n) is 2.65. The largest absolute Gasteiger partial charge is 0.496 e. The van der Waals surface area contributed by atoms with Crippen molar-refractivity contribution < 1.29 is 9.53 Å². The number of carbonyl (C=O) groups is 1. The van der Waals surface area contributed by atoms with E-state index in [2.05, 4.69) is 27.5 Å². The SMILES string of the molecule is CCCCCNc1nc(C)cc(C(=O)NCCc2ccccc2OC)n1. The van der Waals surface area contributed by atoms with Crippen LogP contribution in [-0.2, 0) is 6.42 Å². The molecule has 6 nitrogen and oxygen atoms in total. The van der Waals surface area contributed by atoms with Crippen molar-refractivity contribution in [1.29, 1.82) is 0 Å². The smallest absolute Gasteiger partial charge is 0.270 e. The minimum Gasteiger partial charge on any atom is -0.496 e. The first kappa shape index (κ1) is 19.7. The number of para-hydroxylation sites is 1. The van der Waals surface area contributed by atoms with E-state index in [9.17, 15) is 4.79 Å². The van der Waals surface area contributed by atoms with Crippen LogP contribution in [0.3, 0.4) is 0 Å². The topological polar surface area (TPSA) is 76.1 Å². The lowest BCUT2D eigenvalue weighted by Crippen LogP contribution is -2.27. The molecule has 0 spiro atoms. The van der Waals surface area contributed by atoms with E-state index in [4.69, 9.17) is 4.74 Å². The quantitative estimate of drug-likeness (QED) is 0.638. The molecule has 0 bridgehead atoms. The number of methoxy groups -OCH3 is 1. The standard InChI is InChI=1S/C20H28N4O2/c1-4-5-8-12-22-20-23-15(2)14-17(24-20)19(25)21-13-11-16-9-6-7-10-18(16)26-3/h6-7,9-10,14H,4-5,8,11-13H2,1-3H3,(H,21,25)(H,22,23,24). The third-order valence-electron chi connectivity index (χ3n) is 4.02.